The van der Waals surface area contributed by atoms with E-state index in [-0.39, 0.29) is 11.3 Å². The maximum Gasteiger partial charge on any atom is 0.222 e. The lowest BCUT2D eigenvalue weighted by molar-refractivity contribution is -0.158. The van der Waals surface area contributed by atoms with Gasteiger partial charge in [0.2, 0.25) is 5.91 Å². The van der Waals surface area contributed by atoms with Crippen molar-refractivity contribution < 1.29 is 9.59 Å². The standard InChI is InChI=1S/C20H31NO2/c1-19-10-8-16-14(15(19)6-4-13(19)12-22)5-7-17-20(16,2)11-9-18(23)21(17)3/h12-17H,4-11H2,1-3H3/t13?,14-,15-,16-,17+,19+,20+/m0/s1. The zero-order valence-electron chi connectivity index (χ0n) is 14.9. The number of hydrogen-bond donors (Lipinski definition) is 0. The Labute approximate surface area is 140 Å². The van der Waals surface area contributed by atoms with Crippen molar-refractivity contribution in [3.63, 3.8) is 0 Å². The van der Waals surface area contributed by atoms with Crippen molar-refractivity contribution in [2.24, 2.45) is 34.5 Å². The minimum absolute atomic E-state index is 0.252. The van der Waals surface area contributed by atoms with Gasteiger partial charge in [0.05, 0.1) is 0 Å². The highest BCUT2D eigenvalue weighted by Gasteiger charge is 2.60. The maximum atomic E-state index is 12.2. The molecule has 1 amide bonds. The molecule has 7 atom stereocenters. The average Bonchev–Trinajstić information content (AvgIpc) is 2.88. The first-order valence-electron chi connectivity index (χ1n) is 9.63. The molecular weight excluding hydrogens is 286 g/mol. The highest BCUT2D eigenvalue weighted by molar-refractivity contribution is 5.77. The van der Waals surface area contributed by atoms with Crippen molar-refractivity contribution in [2.45, 2.75) is 71.3 Å². The Balaban J connectivity index is 1.65. The fraction of sp³-hybridized carbons (Fsp3) is 0.900. The van der Waals surface area contributed by atoms with Crippen LogP contribution in [0.4, 0.5) is 0 Å². The van der Waals surface area contributed by atoms with Gasteiger partial charge in [-0.1, -0.05) is 13.8 Å². The predicted molar refractivity (Wildman–Crippen MR) is 89.7 cm³/mol. The number of aldehydes is 1. The number of likely N-dealkylation sites (tertiary alicyclic amines) is 1. The minimum atomic E-state index is 0.252. The molecule has 0 aromatic carbocycles. The Morgan fingerprint density at radius 2 is 1.74 bits per heavy atom. The van der Waals surface area contributed by atoms with Gasteiger partial charge in [-0.3, -0.25) is 4.79 Å². The molecule has 1 saturated heterocycles. The summed E-state index contributed by atoms with van der Waals surface area (Å²) < 4.78 is 0. The van der Waals surface area contributed by atoms with Crippen LogP contribution in [0.1, 0.15) is 65.2 Å². The Morgan fingerprint density at radius 1 is 1.00 bits per heavy atom. The van der Waals surface area contributed by atoms with E-state index in [2.05, 4.69) is 18.7 Å². The predicted octanol–water partition coefficient (Wildman–Crippen LogP) is 3.66. The zero-order chi connectivity index (χ0) is 16.4. The lowest BCUT2D eigenvalue weighted by Crippen LogP contribution is -2.61. The summed E-state index contributed by atoms with van der Waals surface area (Å²) in [4.78, 5) is 25.8. The first-order valence-corrected chi connectivity index (χ1v) is 9.63. The van der Waals surface area contributed by atoms with Gasteiger partial charge in [-0.2, -0.15) is 0 Å². The Hall–Kier alpha value is -0.860. The summed E-state index contributed by atoms with van der Waals surface area (Å²) >= 11 is 0. The van der Waals surface area contributed by atoms with E-state index in [9.17, 15) is 9.59 Å². The van der Waals surface area contributed by atoms with E-state index in [0.29, 0.717) is 17.4 Å². The Bertz CT molecular complexity index is 532. The van der Waals surface area contributed by atoms with E-state index >= 15 is 0 Å². The van der Waals surface area contributed by atoms with Crippen molar-refractivity contribution >= 4 is 12.2 Å². The smallest absolute Gasteiger partial charge is 0.222 e. The van der Waals surface area contributed by atoms with Gasteiger partial charge in [0.25, 0.3) is 0 Å². The summed E-state index contributed by atoms with van der Waals surface area (Å²) in [5.41, 5.74) is 0.550. The molecule has 3 heteroatoms. The van der Waals surface area contributed by atoms with Crippen LogP contribution in [-0.4, -0.2) is 30.2 Å². The van der Waals surface area contributed by atoms with Crippen LogP contribution in [-0.2, 0) is 9.59 Å². The number of hydrogen-bond acceptors (Lipinski definition) is 2. The molecule has 3 aliphatic carbocycles. The van der Waals surface area contributed by atoms with Crippen LogP contribution in [0.2, 0.25) is 0 Å². The number of fused-ring (bicyclic) bond motifs is 5. The van der Waals surface area contributed by atoms with Crippen molar-refractivity contribution in [1.29, 1.82) is 0 Å². The molecule has 3 saturated carbocycles. The monoisotopic (exact) mass is 317 g/mol. The third-order valence-corrected chi connectivity index (χ3v) is 8.79. The van der Waals surface area contributed by atoms with Gasteiger partial charge in [-0.15, -0.1) is 0 Å². The quantitative estimate of drug-likeness (QED) is 0.692. The van der Waals surface area contributed by atoms with Gasteiger partial charge < -0.3 is 9.69 Å². The van der Waals surface area contributed by atoms with Crippen LogP contribution in [0.5, 0.6) is 0 Å². The number of carbonyl (C=O) groups is 2. The zero-order valence-corrected chi connectivity index (χ0v) is 14.9. The summed E-state index contributed by atoms with van der Waals surface area (Å²) in [6.45, 7) is 4.86. The molecule has 0 bridgehead atoms. The number of carbonyl (C=O) groups excluding carboxylic acids is 2. The van der Waals surface area contributed by atoms with Crippen LogP contribution in [0.3, 0.4) is 0 Å². The van der Waals surface area contributed by atoms with Gasteiger partial charge in [-0.25, -0.2) is 0 Å². The molecule has 0 aromatic heterocycles. The number of rotatable bonds is 1. The molecule has 0 N–H and O–H groups in total. The number of nitrogens with zero attached hydrogens (tertiary/aromatic N) is 1. The summed E-state index contributed by atoms with van der Waals surface area (Å²) in [7, 11) is 2.02. The fourth-order valence-electron chi connectivity index (χ4n) is 7.41. The lowest BCUT2D eigenvalue weighted by Gasteiger charge is -2.61. The second-order valence-electron chi connectivity index (χ2n) is 9.34. The molecular formula is C20H31NO2. The summed E-state index contributed by atoms with van der Waals surface area (Å²) in [6, 6.07) is 0.442. The molecule has 4 fully saturated rings. The minimum Gasteiger partial charge on any atom is -0.342 e. The van der Waals surface area contributed by atoms with Gasteiger partial charge in [0, 0.05) is 25.4 Å². The molecule has 128 valence electrons. The molecule has 0 radical (unpaired) electrons. The van der Waals surface area contributed by atoms with Crippen LogP contribution in [0.15, 0.2) is 0 Å². The summed E-state index contributed by atoms with van der Waals surface area (Å²) in [6.07, 6.45) is 10.3. The van der Waals surface area contributed by atoms with E-state index < -0.39 is 0 Å². The van der Waals surface area contributed by atoms with E-state index in [4.69, 9.17) is 0 Å². The maximum absolute atomic E-state index is 12.2. The van der Waals surface area contributed by atoms with Crippen LogP contribution >= 0.6 is 0 Å². The van der Waals surface area contributed by atoms with Crippen molar-refractivity contribution in [2.75, 3.05) is 7.05 Å². The molecule has 0 aromatic rings. The summed E-state index contributed by atoms with van der Waals surface area (Å²) in [5.74, 6) is 2.89. The van der Waals surface area contributed by atoms with Crippen LogP contribution in [0.25, 0.3) is 0 Å². The highest BCUT2D eigenvalue weighted by Crippen LogP contribution is 2.65. The van der Waals surface area contributed by atoms with E-state index in [1.807, 2.05) is 7.05 Å². The molecule has 4 rings (SSSR count). The van der Waals surface area contributed by atoms with Crippen molar-refractivity contribution in [3.8, 4) is 0 Å². The molecule has 1 unspecified atom stereocenters. The van der Waals surface area contributed by atoms with Crippen molar-refractivity contribution in [3.05, 3.63) is 0 Å². The van der Waals surface area contributed by atoms with Crippen molar-refractivity contribution in [1.82, 2.24) is 4.90 Å². The lowest BCUT2D eigenvalue weighted by atomic mass is 9.47. The Morgan fingerprint density at radius 3 is 2.48 bits per heavy atom. The van der Waals surface area contributed by atoms with E-state index in [0.717, 1.165) is 43.4 Å². The largest absolute Gasteiger partial charge is 0.342 e. The Kier molecular flexibility index (Phi) is 3.45. The third kappa shape index (κ3) is 1.94. The third-order valence-electron chi connectivity index (χ3n) is 8.79. The molecule has 1 heterocycles. The molecule has 23 heavy (non-hydrogen) atoms. The SMILES string of the molecule is CN1C(=O)CC[C@]2(C)[C@H]3CC[C@]4(C)C(C=O)CC[C@H]4[C@@H]3CC[C@@H]12. The second kappa shape index (κ2) is 5.07. The molecule has 1 aliphatic heterocycles. The van der Waals surface area contributed by atoms with Gasteiger partial charge in [-0.05, 0) is 73.5 Å². The average molecular weight is 317 g/mol. The topological polar surface area (TPSA) is 37.4 Å². The first kappa shape index (κ1) is 15.7. The number of amides is 1. The molecule has 0 spiro atoms. The normalized spacial score (nSPS) is 52.6. The fourth-order valence-corrected chi connectivity index (χ4v) is 7.41. The highest BCUT2D eigenvalue weighted by atomic mass is 16.2. The first-order chi connectivity index (χ1) is 10.9. The number of piperidine rings is 1. The second-order valence-corrected chi connectivity index (χ2v) is 9.34. The van der Waals surface area contributed by atoms with Gasteiger partial charge in [0.15, 0.2) is 0 Å². The van der Waals surface area contributed by atoms with Gasteiger partial charge >= 0.3 is 0 Å². The van der Waals surface area contributed by atoms with E-state index in [1.165, 1.54) is 32.0 Å². The van der Waals surface area contributed by atoms with Crippen LogP contribution < -0.4 is 0 Å². The molecule has 3 nitrogen and oxygen atoms in total. The summed E-state index contributed by atoms with van der Waals surface area (Å²) in [5, 5.41) is 0. The van der Waals surface area contributed by atoms with E-state index in [1.54, 1.807) is 0 Å². The molecule has 4 aliphatic rings. The van der Waals surface area contributed by atoms with Gasteiger partial charge in [0.1, 0.15) is 6.29 Å². The van der Waals surface area contributed by atoms with Crippen LogP contribution in [0, 0.1) is 34.5 Å².